The van der Waals surface area contributed by atoms with E-state index in [1.165, 1.54) is 6.07 Å². The molecular weight excluding hydrogens is 252 g/mol. The summed E-state index contributed by atoms with van der Waals surface area (Å²) in [7, 11) is 0. The van der Waals surface area contributed by atoms with Gasteiger partial charge >= 0.3 is 0 Å². The zero-order chi connectivity index (χ0) is 13.5. The predicted octanol–water partition coefficient (Wildman–Crippen LogP) is 2.51. The van der Waals surface area contributed by atoms with Gasteiger partial charge in [-0.1, -0.05) is 18.5 Å². The Morgan fingerprint density at radius 3 is 2.89 bits per heavy atom. The molecule has 0 saturated heterocycles. The predicted molar refractivity (Wildman–Crippen MR) is 69.6 cm³/mol. The van der Waals surface area contributed by atoms with Crippen molar-refractivity contribution in [2.75, 3.05) is 6.54 Å². The van der Waals surface area contributed by atoms with Crippen molar-refractivity contribution >= 4 is 17.5 Å². The van der Waals surface area contributed by atoms with Crippen LogP contribution in [0.5, 0.6) is 5.75 Å². The first-order valence-corrected chi connectivity index (χ1v) is 6.10. The first kappa shape index (κ1) is 14.3. The van der Waals surface area contributed by atoms with Gasteiger partial charge in [-0.2, -0.15) is 5.26 Å². The monoisotopic (exact) mass is 266 g/mol. The normalized spacial score (nSPS) is 11.4. The zero-order valence-electron chi connectivity index (χ0n) is 10.4. The Balaban J connectivity index is 2.65. The fraction of sp³-hybridized carbons (Fsp3) is 0.385. The molecule has 1 aromatic rings. The summed E-state index contributed by atoms with van der Waals surface area (Å²) in [6.07, 6.45) is 0.279. The van der Waals surface area contributed by atoms with E-state index >= 15 is 0 Å². The molecule has 96 valence electrons. The van der Waals surface area contributed by atoms with Gasteiger partial charge < -0.3 is 10.1 Å². The minimum absolute atomic E-state index is 0.169. The van der Waals surface area contributed by atoms with E-state index in [4.69, 9.17) is 21.6 Å². The van der Waals surface area contributed by atoms with E-state index < -0.39 is 6.10 Å². The van der Waals surface area contributed by atoms with Crippen LogP contribution in [0.15, 0.2) is 18.2 Å². The van der Waals surface area contributed by atoms with Crippen molar-refractivity contribution in [2.24, 2.45) is 0 Å². The highest BCUT2D eigenvalue weighted by Crippen LogP contribution is 2.22. The second-order valence-electron chi connectivity index (χ2n) is 3.80. The number of carbonyl (C=O) groups is 1. The Kier molecular flexibility index (Phi) is 5.47. The first-order valence-electron chi connectivity index (χ1n) is 5.72. The van der Waals surface area contributed by atoms with Gasteiger partial charge in [0.05, 0.1) is 10.6 Å². The fourth-order valence-corrected chi connectivity index (χ4v) is 1.52. The van der Waals surface area contributed by atoms with Gasteiger partial charge in [0.2, 0.25) is 0 Å². The molecule has 0 heterocycles. The minimum Gasteiger partial charge on any atom is -0.481 e. The Morgan fingerprint density at radius 2 is 2.33 bits per heavy atom. The number of rotatable bonds is 5. The molecule has 1 aromatic carbocycles. The quantitative estimate of drug-likeness (QED) is 0.891. The third-order valence-corrected chi connectivity index (χ3v) is 2.61. The molecule has 0 fully saturated rings. The van der Waals surface area contributed by atoms with Gasteiger partial charge in [-0.05, 0) is 25.5 Å². The van der Waals surface area contributed by atoms with Crippen molar-refractivity contribution in [3.63, 3.8) is 0 Å². The number of amides is 1. The van der Waals surface area contributed by atoms with Crippen LogP contribution >= 0.6 is 11.6 Å². The van der Waals surface area contributed by atoms with Crippen LogP contribution in [0.3, 0.4) is 0 Å². The summed E-state index contributed by atoms with van der Waals surface area (Å²) in [4.78, 5) is 11.6. The van der Waals surface area contributed by atoms with Crippen molar-refractivity contribution in [3.8, 4) is 11.8 Å². The van der Waals surface area contributed by atoms with E-state index in [9.17, 15) is 4.79 Å². The molecule has 0 saturated carbocycles. The van der Waals surface area contributed by atoms with E-state index in [0.717, 1.165) is 6.42 Å². The van der Waals surface area contributed by atoms with Gasteiger partial charge in [0.15, 0.2) is 6.10 Å². The Hall–Kier alpha value is -1.73. The summed E-state index contributed by atoms with van der Waals surface area (Å²) in [5, 5.41) is 11.8. The number of carbonyl (C=O) groups excluding carboxylic acids is 1. The lowest BCUT2D eigenvalue weighted by molar-refractivity contribution is -0.127. The van der Waals surface area contributed by atoms with E-state index in [1.54, 1.807) is 19.1 Å². The average Bonchev–Trinajstić information content (AvgIpc) is 2.36. The molecule has 1 rings (SSSR count). The van der Waals surface area contributed by atoms with Crippen LogP contribution in [0.1, 0.15) is 25.8 Å². The summed E-state index contributed by atoms with van der Waals surface area (Å²) >= 11 is 5.87. The highest BCUT2D eigenvalue weighted by atomic mass is 35.5. The van der Waals surface area contributed by atoms with E-state index in [-0.39, 0.29) is 5.91 Å². The smallest absolute Gasteiger partial charge is 0.260 e. The second-order valence-corrected chi connectivity index (χ2v) is 4.21. The number of hydrogen-bond donors (Lipinski definition) is 1. The fourth-order valence-electron chi connectivity index (χ4n) is 1.31. The number of hydrogen-bond acceptors (Lipinski definition) is 3. The van der Waals surface area contributed by atoms with Gasteiger partial charge in [-0.25, -0.2) is 0 Å². The molecule has 0 spiro atoms. The molecule has 5 heteroatoms. The third-order valence-electron chi connectivity index (χ3n) is 2.29. The molecule has 4 nitrogen and oxygen atoms in total. The number of ether oxygens (including phenoxy) is 1. The second kappa shape index (κ2) is 6.87. The van der Waals surface area contributed by atoms with Crippen LogP contribution in [-0.4, -0.2) is 18.6 Å². The van der Waals surface area contributed by atoms with Crippen LogP contribution in [0.2, 0.25) is 5.02 Å². The molecule has 1 unspecified atom stereocenters. The van der Waals surface area contributed by atoms with Crippen LogP contribution in [0.25, 0.3) is 0 Å². The molecular formula is C13H15ClN2O2. The standard InChI is InChI=1S/C13H15ClN2O2/c1-3-6-16-13(17)9(2)18-11-5-4-10(8-15)12(14)7-11/h4-5,7,9H,3,6H2,1-2H3,(H,16,17). The lowest BCUT2D eigenvalue weighted by Gasteiger charge is -2.14. The van der Waals surface area contributed by atoms with Crippen LogP contribution < -0.4 is 10.1 Å². The van der Waals surface area contributed by atoms with Crippen LogP contribution in [0.4, 0.5) is 0 Å². The maximum absolute atomic E-state index is 11.6. The number of benzene rings is 1. The van der Waals surface area contributed by atoms with Gasteiger partial charge in [0.25, 0.3) is 5.91 Å². The summed E-state index contributed by atoms with van der Waals surface area (Å²) in [5.74, 6) is 0.301. The lowest BCUT2D eigenvalue weighted by Crippen LogP contribution is -2.36. The molecule has 18 heavy (non-hydrogen) atoms. The highest BCUT2D eigenvalue weighted by Gasteiger charge is 2.14. The third kappa shape index (κ3) is 3.94. The lowest BCUT2D eigenvalue weighted by atomic mass is 10.2. The van der Waals surface area contributed by atoms with Crippen LogP contribution in [-0.2, 0) is 4.79 Å². The molecule has 1 amide bonds. The molecule has 0 aliphatic rings. The van der Waals surface area contributed by atoms with E-state index in [2.05, 4.69) is 5.32 Å². The van der Waals surface area contributed by atoms with Gasteiger partial charge in [0, 0.05) is 12.6 Å². The molecule has 0 aromatic heterocycles. The van der Waals surface area contributed by atoms with Crippen molar-refractivity contribution in [1.82, 2.24) is 5.32 Å². The van der Waals surface area contributed by atoms with Crippen molar-refractivity contribution in [1.29, 1.82) is 5.26 Å². The molecule has 1 N–H and O–H groups in total. The SMILES string of the molecule is CCCNC(=O)C(C)Oc1ccc(C#N)c(Cl)c1. The van der Waals surface area contributed by atoms with E-state index in [0.29, 0.717) is 22.9 Å². The maximum Gasteiger partial charge on any atom is 0.260 e. The number of nitriles is 1. The summed E-state index contributed by atoms with van der Waals surface area (Å²) in [5.41, 5.74) is 0.382. The average molecular weight is 267 g/mol. The Bertz CT molecular complexity index is 469. The Morgan fingerprint density at radius 1 is 1.61 bits per heavy atom. The summed E-state index contributed by atoms with van der Waals surface area (Å²) < 4.78 is 5.45. The molecule has 0 radical (unpaired) electrons. The summed E-state index contributed by atoms with van der Waals surface area (Å²) in [6.45, 7) is 4.27. The van der Waals surface area contributed by atoms with Crippen molar-refractivity contribution in [2.45, 2.75) is 26.4 Å². The topological polar surface area (TPSA) is 62.1 Å². The molecule has 0 bridgehead atoms. The summed E-state index contributed by atoms with van der Waals surface area (Å²) in [6, 6.07) is 6.67. The highest BCUT2D eigenvalue weighted by molar-refractivity contribution is 6.31. The Labute approximate surface area is 112 Å². The molecule has 1 atom stereocenters. The van der Waals surface area contributed by atoms with Crippen molar-refractivity contribution in [3.05, 3.63) is 28.8 Å². The largest absolute Gasteiger partial charge is 0.481 e. The van der Waals surface area contributed by atoms with Crippen molar-refractivity contribution < 1.29 is 9.53 Å². The minimum atomic E-state index is -0.597. The van der Waals surface area contributed by atoms with Gasteiger partial charge in [0.1, 0.15) is 11.8 Å². The van der Waals surface area contributed by atoms with Gasteiger partial charge in [-0.3, -0.25) is 4.79 Å². The number of nitrogens with zero attached hydrogens (tertiary/aromatic N) is 1. The number of halogens is 1. The number of nitrogens with one attached hydrogen (secondary N) is 1. The molecule has 0 aliphatic carbocycles. The first-order chi connectivity index (χ1) is 8.58. The zero-order valence-corrected chi connectivity index (χ0v) is 11.1. The maximum atomic E-state index is 11.6. The van der Waals surface area contributed by atoms with Crippen LogP contribution in [0, 0.1) is 11.3 Å². The molecule has 0 aliphatic heterocycles. The van der Waals surface area contributed by atoms with Gasteiger partial charge in [-0.15, -0.1) is 0 Å². The van der Waals surface area contributed by atoms with E-state index in [1.807, 2.05) is 13.0 Å².